The van der Waals surface area contributed by atoms with Gasteiger partial charge in [0, 0.05) is 12.4 Å². The van der Waals surface area contributed by atoms with E-state index in [9.17, 15) is 4.79 Å². The predicted octanol–water partition coefficient (Wildman–Crippen LogP) is 2.89. The first-order valence-corrected chi connectivity index (χ1v) is 5.26. The second-order valence-electron chi connectivity index (χ2n) is 4.72. The van der Waals surface area contributed by atoms with Crippen molar-refractivity contribution in [3.05, 3.63) is 42.2 Å². The van der Waals surface area contributed by atoms with Crippen molar-refractivity contribution in [1.82, 2.24) is 4.40 Å². The highest BCUT2D eigenvalue weighted by molar-refractivity contribution is 5.97. The Morgan fingerprint density at radius 3 is 2.62 bits per heavy atom. The first kappa shape index (κ1) is 10.7. The molecule has 0 spiro atoms. The summed E-state index contributed by atoms with van der Waals surface area (Å²) in [6, 6.07) is 7.51. The first-order chi connectivity index (χ1) is 7.47. The summed E-state index contributed by atoms with van der Waals surface area (Å²) >= 11 is 0. The van der Waals surface area contributed by atoms with Crippen LogP contribution in [-0.4, -0.2) is 16.0 Å². The zero-order valence-corrected chi connectivity index (χ0v) is 9.73. The van der Waals surface area contributed by atoms with Gasteiger partial charge in [-0.25, -0.2) is 4.79 Å². The lowest BCUT2D eigenvalue weighted by atomic mass is 10.2. The largest absolute Gasteiger partial charge is 0.456 e. The van der Waals surface area contributed by atoms with E-state index in [4.69, 9.17) is 4.74 Å². The number of hydrogen-bond donors (Lipinski definition) is 0. The third-order valence-electron chi connectivity index (χ3n) is 2.19. The minimum absolute atomic E-state index is 0.277. The molecule has 0 unspecified atom stereocenters. The summed E-state index contributed by atoms with van der Waals surface area (Å²) in [6.07, 6.45) is 3.76. The summed E-state index contributed by atoms with van der Waals surface area (Å²) in [5.74, 6) is -0.277. The molecule has 3 nitrogen and oxygen atoms in total. The molecule has 2 rings (SSSR count). The van der Waals surface area contributed by atoms with Gasteiger partial charge in [-0.1, -0.05) is 6.07 Å². The monoisotopic (exact) mass is 217 g/mol. The number of aromatic nitrogens is 1. The molecule has 0 aliphatic carbocycles. The van der Waals surface area contributed by atoms with Crippen molar-refractivity contribution in [2.45, 2.75) is 26.4 Å². The average molecular weight is 217 g/mol. The molecule has 0 bridgehead atoms. The minimum Gasteiger partial charge on any atom is -0.456 e. The number of nitrogens with zero attached hydrogens (tertiary/aromatic N) is 1. The molecular weight excluding hydrogens is 202 g/mol. The van der Waals surface area contributed by atoms with Crippen molar-refractivity contribution in [2.75, 3.05) is 0 Å². The Labute approximate surface area is 94.6 Å². The zero-order valence-electron chi connectivity index (χ0n) is 9.73. The molecule has 2 heterocycles. The van der Waals surface area contributed by atoms with Crippen LogP contribution in [0.25, 0.3) is 5.52 Å². The van der Waals surface area contributed by atoms with Gasteiger partial charge in [0.15, 0.2) is 0 Å². The predicted molar refractivity (Wildman–Crippen MR) is 62.6 cm³/mol. The molecule has 0 aliphatic rings. The molecule has 0 fully saturated rings. The summed E-state index contributed by atoms with van der Waals surface area (Å²) in [5, 5.41) is 0. The highest BCUT2D eigenvalue weighted by atomic mass is 16.6. The number of pyridine rings is 1. The van der Waals surface area contributed by atoms with E-state index in [2.05, 4.69) is 0 Å². The molecule has 84 valence electrons. The number of esters is 1. The Hall–Kier alpha value is -1.77. The number of ether oxygens (including phenoxy) is 1. The van der Waals surface area contributed by atoms with Crippen LogP contribution >= 0.6 is 0 Å². The molecule has 2 aromatic heterocycles. The van der Waals surface area contributed by atoms with Crippen LogP contribution in [-0.2, 0) is 4.74 Å². The van der Waals surface area contributed by atoms with E-state index in [1.165, 1.54) is 0 Å². The SMILES string of the molecule is CC(C)(C)OC(=O)c1ccn2ccccc12. The molecule has 0 radical (unpaired) electrons. The second kappa shape index (κ2) is 3.67. The van der Waals surface area contributed by atoms with E-state index < -0.39 is 5.60 Å². The van der Waals surface area contributed by atoms with Gasteiger partial charge in [-0.15, -0.1) is 0 Å². The Morgan fingerprint density at radius 2 is 1.94 bits per heavy atom. The van der Waals surface area contributed by atoms with Gasteiger partial charge in [0.2, 0.25) is 0 Å². The third-order valence-corrected chi connectivity index (χ3v) is 2.19. The second-order valence-corrected chi connectivity index (χ2v) is 4.72. The van der Waals surface area contributed by atoms with Gasteiger partial charge in [-0.2, -0.15) is 0 Å². The van der Waals surface area contributed by atoms with E-state index in [1.807, 2.05) is 55.8 Å². The summed E-state index contributed by atoms with van der Waals surface area (Å²) in [7, 11) is 0. The molecule has 3 heteroatoms. The van der Waals surface area contributed by atoms with Gasteiger partial charge in [0.1, 0.15) is 5.60 Å². The van der Waals surface area contributed by atoms with Crippen LogP contribution in [0.4, 0.5) is 0 Å². The Kier molecular flexibility index (Phi) is 2.46. The van der Waals surface area contributed by atoms with E-state index in [0.29, 0.717) is 5.56 Å². The average Bonchev–Trinajstić information content (AvgIpc) is 2.58. The van der Waals surface area contributed by atoms with Crippen LogP contribution < -0.4 is 0 Å². The molecular formula is C13H15NO2. The maximum Gasteiger partial charge on any atom is 0.340 e. The highest BCUT2D eigenvalue weighted by Crippen LogP contribution is 2.17. The molecule has 0 atom stereocenters. The molecule has 0 aliphatic heterocycles. The van der Waals surface area contributed by atoms with Gasteiger partial charge in [0.05, 0.1) is 11.1 Å². The smallest absolute Gasteiger partial charge is 0.340 e. The van der Waals surface area contributed by atoms with Crippen molar-refractivity contribution in [1.29, 1.82) is 0 Å². The normalized spacial score (nSPS) is 11.7. The van der Waals surface area contributed by atoms with Crippen molar-refractivity contribution in [3.8, 4) is 0 Å². The fourth-order valence-corrected chi connectivity index (χ4v) is 1.56. The van der Waals surface area contributed by atoms with Crippen LogP contribution in [0.3, 0.4) is 0 Å². The van der Waals surface area contributed by atoms with Gasteiger partial charge in [0.25, 0.3) is 0 Å². The lowest BCUT2D eigenvalue weighted by Gasteiger charge is -2.19. The van der Waals surface area contributed by atoms with Crippen molar-refractivity contribution >= 4 is 11.5 Å². The number of carbonyl (C=O) groups is 1. The molecule has 0 saturated heterocycles. The van der Waals surface area contributed by atoms with Crippen molar-refractivity contribution < 1.29 is 9.53 Å². The van der Waals surface area contributed by atoms with Crippen LogP contribution in [0, 0.1) is 0 Å². The lowest BCUT2D eigenvalue weighted by Crippen LogP contribution is -2.23. The number of rotatable bonds is 1. The summed E-state index contributed by atoms with van der Waals surface area (Å²) in [4.78, 5) is 11.9. The lowest BCUT2D eigenvalue weighted by molar-refractivity contribution is 0.00720. The molecule has 2 aromatic rings. The van der Waals surface area contributed by atoms with Gasteiger partial charge in [-0.05, 0) is 39.0 Å². The number of fused-ring (bicyclic) bond motifs is 1. The fourth-order valence-electron chi connectivity index (χ4n) is 1.56. The molecule has 16 heavy (non-hydrogen) atoms. The van der Waals surface area contributed by atoms with Crippen LogP contribution in [0.5, 0.6) is 0 Å². The number of hydrogen-bond acceptors (Lipinski definition) is 2. The van der Waals surface area contributed by atoms with Crippen molar-refractivity contribution in [3.63, 3.8) is 0 Å². The molecule has 0 aromatic carbocycles. The Balaban J connectivity index is 2.37. The molecule has 0 N–H and O–H groups in total. The highest BCUT2D eigenvalue weighted by Gasteiger charge is 2.19. The van der Waals surface area contributed by atoms with Gasteiger partial charge in [-0.3, -0.25) is 0 Å². The standard InChI is InChI=1S/C13H15NO2/c1-13(2,3)16-12(15)10-7-9-14-8-5-4-6-11(10)14/h4-9H,1-3H3. The summed E-state index contributed by atoms with van der Waals surface area (Å²) in [6.45, 7) is 5.59. The topological polar surface area (TPSA) is 30.7 Å². The van der Waals surface area contributed by atoms with Crippen LogP contribution in [0.1, 0.15) is 31.1 Å². The quantitative estimate of drug-likeness (QED) is 0.688. The summed E-state index contributed by atoms with van der Waals surface area (Å²) in [5.41, 5.74) is 1.02. The van der Waals surface area contributed by atoms with E-state index >= 15 is 0 Å². The molecule has 0 saturated carbocycles. The minimum atomic E-state index is -0.458. The van der Waals surface area contributed by atoms with Gasteiger partial charge < -0.3 is 9.14 Å². The third kappa shape index (κ3) is 2.08. The maximum atomic E-state index is 11.9. The van der Waals surface area contributed by atoms with E-state index in [1.54, 1.807) is 6.07 Å². The maximum absolute atomic E-state index is 11.9. The van der Waals surface area contributed by atoms with Crippen molar-refractivity contribution in [2.24, 2.45) is 0 Å². The Morgan fingerprint density at radius 1 is 1.19 bits per heavy atom. The Bertz CT molecular complexity index is 520. The van der Waals surface area contributed by atoms with Crippen LogP contribution in [0.15, 0.2) is 36.7 Å². The number of carbonyl (C=O) groups excluding carboxylic acids is 1. The van der Waals surface area contributed by atoms with Gasteiger partial charge >= 0.3 is 5.97 Å². The van der Waals surface area contributed by atoms with E-state index in [-0.39, 0.29) is 5.97 Å². The zero-order chi connectivity index (χ0) is 11.8. The fraction of sp³-hybridized carbons (Fsp3) is 0.308. The molecule has 0 amide bonds. The summed E-state index contributed by atoms with van der Waals surface area (Å²) < 4.78 is 7.24. The van der Waals surface area contributed by atoms with Crippen LogP contribution in [0.2, 0.25) is 0 Å². The van der Waals surface area contributed by atoms with E-state index in [0.717, 1.165) is 5.52 Å². The first-order valence-electron chi connectivity index (χ1n) is 5.26.